The molecule has 1 atom stereocenters. The third-order valence-electron chi connectivity index (χ3n) is 2.70. The molecule has 0 spiro atoms. The van der Waals surface area contributed by atoms with Gasteiger partial charge in [0.25, 0.3) is 0 Å². The Labute approximate surface area is 104 Å². The molecule has 0 aliphatic carbocycles. The van der Waals surface area contributed by atoms with Crippen LogP contribution < -0.4 is 10.6 Å². The summed E-state index contributed by atoms with van der Waals surface area (Å²) in [6.45, 7) is 4.24. The van der Waals surface area contributed by atoms with Gasteiger partial charge < -0.3 is 10.6 Å². The van der Waals surface area contributed by atoms with Crippen molar-refractivity contribution in [2.45, 2.75) is 19.9 Å². The number of nitrogens with one attached hydrogen (secondary N) is 2. The maximum absolute atomic E-state index is 6.19. The van der Waals surface area contributed by atoms with Gasteiger partial charge in [0.05, 0.1) is 5.03 Å². The minimum atomic E-state index is 0.0281. The van der Waals surface area contributed by atoms with E-state index in [2.05, 4.69) is 34.9 Å². The molecule has 86 valence electrons. The lowest BCUT2D eigenvalue weighted by Crippen LogP contribution is -2.39. The lowest BCUT2D eigenvalue weighted by atomic mass is 10.1. The molecule has 1 aliphatic heterocycles. The number of aliphatic imine (C=N–C) groups is 1. The first-order valence-electron chi connectivity index (χ1n) is 5.05. The zero-order valence-electron chi connectivity index (χ0n) is 9.47. The van der Waals surface area contributed by atoms with Crippen LogP contribution in [0.25, 0.3) is 0 Å². The number of nitrogens with zero attached hydrogens (tertiary/aromatic N) is 1. The standard InChI is InChI=1S/C11H14ClN3S/c1-6-5-16-10(7(6)2)9-8(12)4-14-11(13-3)15-9/h4-5,9H,1-3H3,(H2,13,14,15). The number of halogens is 1. The number of guanidine groups is 1. The van der Waals surface area contributed by atoms with E-state index in [9.17, 15) is 0 Å². The molecule has 1 aromatic heterocycles. The monoisotopic (exact) mass is 255 g/mol. The molecule has 1 aliphatic rings. The number of aryl methyl sites for hydroxylation is 1. The van der Waals surface area contributed by atoms with Crippen LogP contribution in [0.2, 0.25) is 0 Å². The highest BCUT2D eigenvalue weighted by Gasteiger charge is 2.23. The summed E-state index contributed by atoms with van der Waals surface area (Å²) in [5, 5.41) is 9.14. The van der Waals surface area contributed by atoms with Gasteiger partial charge in [0.1, 0.15) is 6.04 Å². The van der Waals surface area contributed by atoms with E-state index in [-0.39, 0.29) is 6.04 Å². The molecule has 0 saturated heterocycles. The molecule has 0 fully saturated rings. The SMILES string of the molecule is CNC1=NC=C(Cl)C(c2scc(C)c2C)N1. The van der Waals surface area contributed by atoms with Crippen molar-refractivity contribution < 1.29 is 0 Å². The van der Waals surface area contributed by atoms with Crippen molar-refractivity contribution >= 4 is 28.9 Å². The van der Waals surface area contributed by atoms with E-state index >= 15 is 0 Å². The Morgan fingerprint density at radius 1 is 1.50 bits per heavy atom. The van der Waals surface area contributed by atoms with E-state index in [0.717, 1.165) is 11.0 Å². The molecule has 0 aromatic carbocycles. The fourth-order valence-electron chi connectivity index (χ4n) is 1.58. The van der Waals surface area contributed by atoms with Gasteiger partial charge in [0.15, 0.2) is 5.96 Å². The van der Waals surface area contributed by atoms with E-state index in [1.54, 1.807) is 17.5 Å². The minimum Gasteiger partial charge on any atom is -0.359 e. The molecular weight excluding hydrogens is 242 g/mol. The van der Waals surface area contributed by atoms with Crippen molar-refractivity contribution in [2.75, 3.05) is 7.05 Å². The van der Waals surface area contributed by atoms with Crippen molar-refractivity contribution in [3.05, 3.63) is 32.6 Å². The van der Waals surface area contributed by atoms with E-state index in [4.69, 9.17) is 11.6 Å². The fraction of sp³-hybridized carbons (Fsp3) is 0.364. The second kappa shape index (κ2) is 4.47. The smallest absolute Gasteiger partial charge is 0.196 e. The highest BCUT2D eigenvalue weighted by molar-refractivity contribution is 7.10. The molecule has 5 heteroatoms. The first kappa shape index (κ1) is 11.5. The Bertz CT molecular complexity index is 462. The molecule has 2 heterocycles. The Morgan fingerprint density at radius 3 is 2.81 bits per heavy atom. The molecule has 1 aromatic rings. The Morgan fingerprint density at radius 2 is 2.25 bits per heavy atom. The van der Waals surface area contributed by atoms with Crippen molar-refractivity contribution in [2.24, 2.45) is 4.99 Å². The maximum Gasteiger partial charge on any atom is 0.196 e. The highest BCUT2D eigenvalue weighted by atomic mass is 35.5. The van der Waals surface area contributed by atoms with Crippen molar-refractivity contribution in [1.29, 1.82) is 0 Å². The first-order valence-corrected chi connectivity index (χ1v) is 6.31. The van der Waals surface area contributed by atoms with Crippen molar-refractivity contribution in [1.82, 2.24) is 10.6 Å². The maximum atomic E-state index is 6.19. The molecule has 16 heavy (non-hydrogen) atoms. The Balaban J connectivity index is 2.33. The fourth-order valence-corrected chi connectivity index (χ4v) is 3.00. The average Bonchev–Trinajstić information content (AvgIpc) is 2.61. The minimum absolute atomic E-state index is 0.0281. The molecule has 2 rings (SSSR count). The van der Waals surface area contributed by atoms with Crippen LogP contribution in [0.15, 0.2) is 21.6 Å². The van der Waals surface area contributed by atoms with Gasteiger partial charge in [-0.25, -0.2) is 4.99 Å². The quantitative estimate of drug-likeness (QED) is 0.810. The van der Waals surface area contributed by atoms with Gasteiger partial charge in [-0.1, -0.05) is 11.6 Å². The number of rotatable bonds is 1. The van der Waals surface area contributed by atoms with Crippen LogP contribution in [0.1, 0.15) is 22.0 Å². The van der Waals surface area contributed by atoms with Crippen LogP contribution in [0, 0.1) is 13.8 Å². The number of hydrogen-bond acceptors (Lipinski definition) is 4. The van der Waals surface area contributed by atoms with Crippen molar-refractivity contribution in [3.63, 3.8) is 0 Å². The van der Waals surface area contributed by atoms with Gasteiger partial charge in [-0.3, -0.25) is 0 Å². The van der Waals surface area contributed by atoms with Gasteiger partial charge >= 0.3 is 0 Å². The molecule has 0 radical (unpaired) electrons. The predicted octanol–water partition coefficient (Wildman–Crippen LogP) is 2.66. The van der Waals surface area contributed by atoms with Crippen LogP contribution in [0.3, 0.4) is 0 Å². The third-order valence-corrected chi connectivity index (χ3v) is 4.28. The summed E-state index contributed by atoms with van der Waals surface area (Å²) in [5.74, 6) is 0.750. The Hall–Kier alpha value is -1.00. The largest absolute Gasteiger partial charge is 0.359 e. The number of thiophene rings is 1. The third kappa shape index (κ3) is 1.95. The second-order valence-corrected chi connectivity index (χ2v) is 5.07. The molecule has 0 amide bonds. The van der Waals surface area contributed by atoms with Crippen LogP contribution >= 0.6 is 22.9 Å². The van der Waals surface area contributed by atoms with Gasteiger partial charge in [-0.15, -0.1) is 11.3 Å². The van der Waals surface area contributed by atoms with Crippen LogP contribution in [0.5, 0.6) is 0 Å². The van der Waals surface area contributed by atoms with E-state index in [1.165, 1.54) is 16.0 Å². The lowest BCUT2D eigenvalue weighted by molar-refractivity contribution is 0.746. The predicted molar refractivity (Wildman–Crippen MR) is 70.1 cm³/mol. The summed E-state index contributed by atoms with van der Waals surface area (Å²) >= 11 is 7.92. The molecule has 2 N–H and O–H groups in total. The van der Waals surface area contributed by atoms with E-state index in [0.29, 0.717) is 0 Å². The summed E-state index contributed by atoms with van der Waals surface area (Å²) in [4.78, 5) is 5.40. The average molecular weight is 256 g/mol. The normalized spacial score (nSPS) is 19.9. The molecule has 1 unspecified atom stereocenters. The van der Waals surface area contributed by atoms with Crippen molar-refractivity contribution in [3.8, 4) is 0 Å². The molecular formula is C11H14ClN3S. The molecule has 0 bridgehead atoms. The highest BCUT2D eigenvalue weighted by Crippen LogP contribution is 2.34. The lowest BCUT2D eigenvalue weighted by Gasteiger charge is -2.22. The van der Waals surface area contributed by atoms with Gasteiger partial charge in [0, 0.05) is 18.1 Å². The summed E-state index contributed by atoms with van der Waals surface area (Å²) in [6, 6.07) is 0.0281. The van der Waals surface area contributed by atoms with Gasteiger partial charge in [-0.05, 0) is 30.4 Å². The number of hydrogen-bond donors (Lipinski definition) is 2. The second-order valence-electron chi connectivity index (χ2n) is 3.73. The van der Waals surface area contributed by atoms with E-state index < -0.39 is 0 Å². The zero-order chi connectivity index (χ0) is 11.7. The van der Waals surface area contributed by atoms with Gasteiger partial charge in [-0.2, -0.15) is 0 Å². The van der Waals surface area contributed by atoms with Gasteiger partial charge in [0.2, 0.25) is 0 Å². The Kier molecular flexibility index (Phi) is 3.21. The van der Waals surface area contributed by atoms with Crippen LogP contribution in [-0.4, -0.2) is 13.0 Å². The topological polar surface area (TPSA) is 36.4 Å². The van der Waals surface area contributed by atoms with Crippen LogP contribution in [-0.2, 0) is 0 Å². The summed E-state index contributed by atoms with van der Waals surface area (Å²) < 4.78 is 0. The zero-order valence-corrected chi connectivity index (χ0v) is 11.0. The summed E-state index contributed by atoms with van der Waals surface area (Å²) in [6.07, 6.45) is 1.70. The van der Waals surface area contributed by atoms with Crippen LogP contribution in [0.4, 0.5) is 0 Å². The summed E-state index contributed by atoms with van der Waals surface area (Å²) in [5.41, 5.74) is 2.60. The first-order chi connectivity index (χ1) is 7.63. The molecule has 0 saturated carbocycles. The summed E-state index contributed by atoms with van der Waals surface area (Å²) in [7, 11) is 1.84. The molecule has 3 nitrogen and oxygen atoms in total. The van der Waals surface area contributed by atoms with E-state index in [1.807, 2.05) is 7.05 Å².